The molecule has 29 heavy (non-hydrogen) atoms. The van der Waals surface area contributed by atoms with Crippen molar-refractivity contribution < 1.29 is 19.1 Å². The highest BCUT2D eigenvalue weighted by atomic mass is 32.1. The molecule has 0 atom stereocenters. The van der Waals surface area contributed by atoms with Crippen molar-refractivity contribution >= 4 is 34.8 Å². The van der Waals surface area contributed by atoms with Gasteiger partial charge in [0.15, 0.2) is 5.11 Å². The normalized spacial score (nSPS) is 10.1. The molecule has 0 aromatic heterocycles. The van der Waals surface area contributed by atoms with Gasteiger partial charge in [-0.05, 0) is 55.0 Å². The van der Waals surface area contributed by atoms with Gasteiger partial charge in [0.25, 0.3) is 5.91 Å². The van der Waals surface area contributed by atoms with Gasteiger partial charge < -0.3 is 20.1 Å². The third-order valence-corrected chi connectivity index (χ3v) is 4.08. The second kappa shape index (κ2) is 11.8. The summed E-state index contributed by atoms with van der Waals surface area (Å²) in [5, 5.41) is 8.35. The maximum atomic E-state index is 12.4. The third kappa shape index (κ3) is 7.89. The predicted molar refractivity (Wildman–Crippen MR) is 116 cm³/mol. The molecule has 0 fully saturated rings. The highest BCUT2D eigenvalue weighted by Gasteiger charge is 2.09. The van der Waals surface area contributed by atoms with E-state index in [-0.39, 0.29) is 16.9 Å². The van der Waals surface area contributed by atoms with E-state index in [1.54, 1.807) is 43.4 Å². The van der Waals surface area contributed by atoms with Crippen molar-refractivity contribution in [3.63, 3.8) is 0 Å². The number of carbonyl (C=O) groups excluding carboxylic acids is 2. The van der Waals surface area contributed by atoms with Crippen LogP contribution in [0.2, 0.25) is 0 Å². The summed E-state index contributed by atoms with van der Waals surface area (Å²) in [5.41, 5.74) is 2.03. The van der Waals surface area contributed by atoms with Crippen LogP contribution in [0.15, 0.2) is 48.5 Å². The molecule has 2 amide bonds. The quantitative estimate of drug-likeness (QED) is 0.431. The fraction of sp³-hybridized carbons (Fsp3) is 0.286. The molecule has 0 saturated heterocycles. The predicted octanol–water partition coefficient (Wildman–Crippen LogP) is 2.52. The number of ether oxygens (including phenoxy) is 2. The molecule has 0 bridgehead atoms. The number of hydrogen-bond acceptors (Lipinski definition) is 5. The van der Waals surface area contributed by atoms with E-state index in [4.69, 9.17) is 21.7 Å². The number of likely N-dealkylation sites (N-methyl/N-ethyl adjacent to an activating group) is 1. The Balaban J connectivity index is 1.87. The monoisotopic (exact) mass is 415 g/mol. The van der Waals surface area contributed by atoms with Gasteiger partial charge >= 0.3 is 0 Å². The second-order valence-electron chi connectivity index (χ2n) is 6.03. The molecule has 2 aromatic carbocycles. The Kier molecular flexibility index (Phi) is 9.07. The molecule has 8 heteroatoms. The topological polar surface area (TPSA) is 88.7 Å². The first-order chi connectivity index (χ1) is 14.0. The van der Waals surface area contributed by atoms with E-state index in [0.29, 0.717) is 43.2 Å². The summed E-state index contributed by atoms with van der Waals surface area (Å²) in [6.45, 7) is 3.45. The van der Waals surface area contributed by atoms with Gasteiger partial charge in [0.2, 0.25) is 5.91 Å². The van der Waals surface area contributed by atoms with Crippen molar-refractivity contribution in [2.24, 2.45) is 0 Å². The van der Waals surface area contributed by atoms with Crippen molar-refractivity contribution in [2.75, 3.05) is 32.2 Å². The highest BCUT2D eigenvalue weighted by molar-refractivity contribution is 7.80. The van der Waals surface area contributed by atoms with Crippen molar-refractivity contribution in [3.8, 4) is 5.75 Å². The van der Waals surface area contributed by atoms with E-state index in [1.807, 2.05) is 19.1 Å². The lowest BCUT2D eigenvalue weighted by Crippen LogP contribution is -2.34. The van der Waals surface area contributed by atoms with Gasteiger partial charge in [0, 0.05) is 24.9 Å². The second-order valence-corrected chi connectivity index (χ2v) is 6.44. The Morgan fingerprint density at radius 1 is 1.07 bits per heavy atom. The molecule has 0 aliphatic carbocycles. The number of hydrogen-bond donors (Lipinski definition) is 3. The maximum absolute atomic E-state index is 12.4. The van der Waals surface area contributed by atoms with Crippen LogP contribution in [0.5, 0.6) is 5.75 Å². The number of benzene rings is 2. The molecule has 0 aliphatic rings. The van der Waals surface area contributed by atoms with Crippen LogP contribution in [-0.2, 0) is 16.0 Å². The Bertz CT molecular complexity index is 840. The molecule has 3 N–H and O–H groups in total. The molecule has 154 valence electrons. The molecule has 7 nitrogen and oxygen atoms in total. The molecule has 0 heterocycles. The molecule has 0 unspecified atom stereocenters. The standard InChI is InChI=1S/C21H25N3O4S/c1-3-27-11-12-28-18-6-4-5-16(14-18)20(26)24-21(29)23-17-9-7-15(8-10-17)13-19(25)22-2/h4-10,14H,3,11-13H2,1-2H3,(H,22,25)(H2,23,24,26,29). The Morgan fingerprint density at radius 3 is 2.52 bits per heavy atom. The van der Waals surface area contributed by atoms with Gasteiger partial charge in [-0.3, -0.25) is 14.9 Å². The third-order valence-electron chi connectivity index (χ3n) is 3.88. The fourth-order valence-electron chi connectivity index (χ4n) is 2.41. The minimum atomic E-state index is -0.339. The summed E-state index contributed by atoms with van der Waals surface area (Å²) in [5.74, 6) is 0.189. The maximum Gasteiger partial charge on any atom is 0.257 e. The number of thiocarbonyl (C=S) groups is 1. The summed E-state index contributed by atoms with van der Waals surface area (Å²) in [4.78, 5) is 23.8. The number of rotatable bonds is 9. The summed E-state index contributed by atoms with van der Waals surface area (Å²) < 4.78 is 10.8. The van der Waals surface area contributed by atoms with Gasteiger partial charge in [-0.1, -0.05) is 18.2 Å². The number of amides is 2. The minimum absolute atomic E-state index is 0.0578. The first-order valence-electron chi connectivity index (χ1n) is 9.24. The minimum Gasteiger partial charge on any atom is -0.491 e. The summed E-state index contributed by atoms with van der Waals surface area (Å²) in [7, 11) is 1.60. The Hall–Kier alpha value is -2.97. The molecular formula is C21H25N3O4S. The van der Waals surface area contributed by atoms with Gasteiger partial charge in [-0.2, -0.15) is 0 Å². The van der Waals surface area contributed by atoms with Crippen molar-refractivity contribution in [2.45, 2.75) is 13.3 Å². The van der Waals surface area contributed by atoms with Crippen molar-refractivity contribution in [3.05, 3.63) is 59.7 Å². The smallest absolute Gasteiger partial charge is 0.257 e. The summed E-state index contributed by atoms with van der Waals surface area (Å²) in [6, 6.07) is 14.1. The van der Waals surface area contributed by atoms with Crippen LogP contribution in [0, 0.1) is 0 Å². The van der Waals surface area contributed by atoms with Gasteiger partial charge in [0.1, 0.15) is 12.4 Å². The molecule has 0 spiro atoms. The molecule has 0 radical (unpaired) electrons. The zero-order chi connectivity index (χ0) is 21.1. The fourth-order valence-corrected chi connectivity index (χ4v) is 2.62. The number of carbonyl (C=O) groups is 2. The zero-order valence-electron chi connectivity index (χ0n) is 16.5. The lowest BCUT2D eigenvalue weighted by molar-refractivity contribution is -0.119. The van der Waals surface area contributed by atoms with Crippen LogP contribution >= 0.6 is 12.2 Å². The molecule has 2 aromatic rings. The SMILES string of the molecule is CCOCCOc1cccc(C(=O)NC(=S)Nc2ccc(CC(=O)NC)cc2)c1. The van der Waals surface area contributed by atoms with Crippen molar-refractivity contribution in [1.29, 1.82) is 0 Å². The van der Waals surface area contributed by atoms with Crippen LogP contribution in [0.1, 0.15) is 22.8 Å². The Morgan fingerprint density at radius 2 is 1.83 bits per heavy atom. The average Bonchev–Trinajstić information content (AvgIpc) is 2.72. The lowest BCUT2D eigenvalue weighted by atomic mass is 10.1. The first kappa shape index (κ1) is 22.3. The lowest BCUT2D eigenvalue weighted by Gasteiger charge is -2.11. The average molecular weight is 416 g/mol. The van der Waals surface area contributed by atoms with Crippen LogP contribution in [-0.4, -0.2) is 43.8 Å². The molecule has 0 aliphatic heterocycles. The van der Waals surface area contributed by atoms with Gasteiger partial charge in [-0.15, -0.1) is 0 Å². The van der Waals surface area contributed by atoms with E-state index in [0.717, 1.165) is 5.56 Å². The van der Waals surface area contributed by atoms with Crippen LogP contribution in [0.4, 0.5) is 5.69 Å². The molecule has 0 saturated carbocycles. The van der Waals surface area contributed by atoms with E-state index in [9.17, 15) is 9.59 Å². The number of nitrogens with one attached hydrogen (secondary N) is 3. The van der Waals surface area contributed by atoms with Gasteiger partial charge in [0.05, 0.1) is 13.0 Å². The molecular weight excluding hydrogens is 390 g/mol. The van der Waals surface area contributed by atoms with Crippen LogP contribution < -0.4 is 20.7 Å². The molecule has 2 rings (SSSR count). The van der Waals surface area contributed by atoms with Crippen LogP contribution in [0.25, 0.3) is 0 Å². The largest absolute Gasteiger partial charge is 0.491 e. The van der Waals surface area contributed by atoms with E-state index in [1.165, 1.54) is 0 Å². The Labute approximate surface area is 175 Å². The van der Waals surface area contributed by atoms with Gasteiger partial charge in [-0.25, -0.2) is 0 Å². The van der Waals surface area contributed by atoms with Crippen LogP contribution in [0.3, 0.4) is 0 Å². The summed E-state index contributed by atoms with van der Waals surface area (Å²) >= 11 is 5.21. The summed E-state index contributed by atoms with van der Waals surface area (Å²) in [6.07, 6.45) is 0.306. The van der Waals surface area contributed by atoms with E-state index in [2.05, 4.69) is 16.0 Å². The van der Waals surface area contributed by atoms with Crippen molar-refractivity contribution in [1.82, 2.24) is 10.6 Å². The zero-order valence-corrected chi connectivity index (χ0v) is 17.3. The van der Waals surface area contributed by atoms with E-state index >= 15 is 0 Å². The number of anilines is 1. The first-order valence-corrected chi connectivity index (χ1v) is 9.65. The van der Waals surface area contributed by atoms with E-state index < -0.39 is 0 Å². The highest BCUT2D eigenvalue weighted by Crippen LogP contribution is 2.14.